The molecule has 0 saturated carbocycles. The first-order valence-electron chi connectivity index (χ1n) is 8.10. The summed E-state index contributed by atoms with van der Waals surface area (Å²) in [5.74, 6) is -0.591. The molecule has 0 atom stereocenters. The molecule has 0 radical (unpaired) electrons. The Morgan fingerprint density at radius 2 is 1.84 bits per heavy atom. The molecule has 25 heavy (non-hydrogen) atoms. The van der Waals surface area contributed by atoms with Crippen molar-refractivity contribution >= 4 is 39.1 Å². The van der Waals surface area contributed by atoms with Crippen LogP contribution in [0.25, 0.3) is 0 Å². The van der Waals surface area contributed by atoms with Gasteiger partial charge in [-0.1, -0.05) is 0 Å². The van der Waals surface area contributed by atoms with Crippen LogP contribution in [0.4, 0.5) is 11.4 Å². The SMILES string of the molecule is CCN(c1ccc(NC(=O)CNC(=O)c2ccc(Br)o2)cc1)C(C)C. The summed E-state index contributed by atoms with van der Waals surface area (Å²) in [6, 6.07) is 11.2. The number of anilines is 2. The highest BCUT2D eigenvalue weighted by atomic mass is 79.9. The molecule has 0 saturated heterocycles. The first kappa shape index (κ1) is 19.1. The van der Waals surface area contributed by atoms with E-state index < -0.39 is 5.91 Å². The maximum atomic E-state index is 12.0. The molecule has 2 N–H and O–H groups in total. The molecule has 0 fully saturated rings. The van der Waals surface area contributed by atoms with E-state index in [0.717, 1.165) is 12.2 Å². The Kier molecular flexibility index (Phi) is 6.64. The van der Waals surface area contributed by atoms with Crippen LogP contribution in [-0.2, 0) is 4.79 Å². The Hall–Kier alpha value is -2.28. The molecule has 2 aromatic rings. The fraction of sp³-hybridized carbons (Fsp3) is 0.333. The summed E-state index contributed by atoms with van der Waals surface area (Å²) >= 11 is 3.13. The van der Waals surface area contributed by atoms with Crippen LogP contribution >= 0.6 is 15.9 Å². The van der Waals surface area contributed by atoms with Crippen molar-refractivity contribution in [2.75, 3.05) is 23.3 Å². The maximum absolute atomic E-state index is 12.0. The van der Waals surface area contributed by atoms with Gasteiger partial charge in [0.1, 0.15) is 0 Å². The number of nitrogens with one attached hydrogen (secondary N) is 2. The highest BCUT2D eigenvalue weighted by Crippen LogP contribution is 2.19. The second kappa shape index (κ2) is 8.71. The van der Waals surface area contributed by atoms with E-state index in [1.165, 1.54) is 6.07 Å². The average Bonchev–Trinajstić information content (AvgIpc) is 3.01. The molecule has 0 unspecified atom stereocenters. The molecule has 6 nitrogen and oxygen atoms in total. The molecule has 0 spiro atoms. The van der Waals surface area contributed by atoms with E-state index >= 15 is 0 Å². The topological polar surface area (TPSA) is 74.6 Å². The first-order valence-corrected chi connectivity index (χ1v) is 8.90. The van der Waals surface area contributed by atoms with E-state index in [1.807, 2.05) is 24.3 Å². The number of benzene rings is 1. The maximum Gasteiger partial charge on any atom is 0.287 e. The minimum Gasteiger partial charge on any atom is -0.444 e. The van der Waals surface area contributed by atoms with Crippen molar-refractivity contribution < 1.29 is 14.0 Å². The summed E-state index contributed by atoms with van der Waals surface area (Å²) in [4.78, 5) is 26.0. The summed E-state index contributed by atoms with van der Waals surface area (Å²) in [6.45, 7) is 7.17. The van der Waals surface area contributed by atoms with Crippen LogP contribution in [0.1, 0.15) is 31.3 Å². The Balaban J connectivity index is 1.87. The van der Waals surface area contributed by atoms with Gasteiger partial charge in [-0.3, -0.25) is 9.59 Å². The summed E-state index contributed by atoms with van der Waals surface area (Å²) in [5, 5.41) is 5.27. The Bertz CT molecular complexity index is 725. The minimum atomic E-state index is -0.438. The van der Waals surface area contributed by atoms with Crippen LogP contribution < -0.4 is 15.5 Å². The van der Waals surface area contributed by atoms with Gasteiger partial charge in [0.05, 0.1) is 6.54 Å². The van der Waals surface area contributed by atoms with Crippen molar-refractivity contribution in [2.24, 2.45) is 0 Å². The first-order chi connectivity index (χ1) is 11.9. The fourth-order valence-corrected chi connectivity index (χ4v) is 2.78. The molecular formula is C18H22BrN3O3. The minimum absolute atomic E-state index is 0.133. The van der Waals surface area contributed by atoms with Gasteiger partial charge in [-0.15, -0.1) is 0 Å². The van der Waals surface area contributed by atoms with E-state index in [-0.39, 0.29) is 18.2 Å². The number of rotatable bonds is 7. The van der Waals surface area contributed by atoms with Crippen LogP contribution in [-0.4, -0.2) is 30.9 Å². The predicted molar refractivity (Wildman–Crippen MR) is 102 cm³/mol. The zero-order valence-electron chi connectivity index (χ0n) is 14.5. The molecule has 1 aromatic carbocycles. The Labute approximate surface area is 155 Å². The second-order valence-electron chi connectivity index (χ2n) is 5.76. The zero-order chi connectivity index (χ0) is 18.4. The van der Waals surface area contributed by atoms with Crippen molar-refractivity contribution in [3.63, 3.8) is 0 Å². The van der Waals surface area contributed by atoms with Gasteiger partial charge in [0.25, 0.3) is 5.91 Å². The largest absolute Gasteiger partial charge is 0.444 e. The monoisotopic (exact) mass is 407 g/mol. The molecule has 0 aliphatic rings. The predicted octanol–water partition coefficient (Wildman–Crippen LogP) is 3.65. The van der Waals surface area contributed by atoms with Crippen LogP contribution in [0.15, 0.2) is 45.5 Å². The van der Waals surface area contributed by atoms with Crippen LogP contribution in [0.5, 0.6) is 0 Å². The summed E-state index contributed by atoms with van der Waals surface area (Å²) in [5.41, 5.74) is 1.79. The van der Waals surface area contributed by atoms with E-state index in [2.05, 4.69) is 52.2 Å². The van der Waals surface area contributed by atoms with Gasteiger partial charge in [0.15, 0.2) is 10.4 Å². The molecule has 1 aromatic heterocycles. The fourth-order valence-electron chi connectivity index (χ4n) is 2.47. The van der Waals surface area contributed by atoms with Gasteiger partial charge in [-0.05, 0) is 73.1 Å². The lowest BCUT2D eigenvalue weighted by molar-refractivity contribution is -0.115. The number of amides is 2. The number of carbonyl (C=O) groups excluding carboxylic acids is 2. The average molecular weight is 408 g/mol. The Morgan fingerprint density at radius 1 is 1.16 bits per heavy atom. The third kappa shape index (κ3) is 5.35. The highest BCUT2D eigenvalue weighted by Gasteiger charge is 2.12. The number of halogens is 1. The quantitative estimate of drug-likeness (QED) is 0.734. The van der Waals surface area contributed by atoms with Gasteiger partial charge < -0.3 is 20.0 Å². The summed E-state index contributed by atoms with van der Waals surface area (Å²) in [7, 11) is 0. The van der Waals surface area contributed by atoms with Gasteiger partial charge in [0.2, 0.25) is 5.91 Å². The van der Waals surface area contributed by atoms with Crippen molar-refractivity contribution in [1.29, 1.82) is 0 Å². The van der Waals surface area contributed by atoms with Gasteiger partial charge in [-0.25, -0.2) is 0 Å². The second-order valence-corrected chi connectivity index (χ2v) is 6.54. The number of hydrogen-bond donors (Lipinski definition) is 2. The standard InChI is InChI=1S/C18H22BrN3O3/c1-4-22(12(2)3)14-7-5-13(6-8-14)21-17(23)11-20-18(24)15-9-10-16(19)25-15/h5-10,12H,4,11H2,1-3H3,(H,20,24)(H,21,23). The number of hydrogen-bond acceptors (Lipinski definition) is 4. The molecule has 134 valence electrons. The lowest BCUT2D eigenvalue weighted by atomic mass is 10.2. The summed E-state index contributed by atoms with van der Waals surface area (Å²) in [6.07, 6.45) is 0. The lowest BCUT2D eigenvalue weighted by Crippen LogP contribution is -2.32. The van der Waals surface area contributed by atoms with Crippen LogP contribution in [0.3, 0.4) is 0 Å². The van der Waals surface area contributed by atoms with Crippen molar-refractivity contribution in [3.05, 3.63) is 46.8 Å². The van der Waals surface area contributed by atoms with Crippen molar-refractivity contribution in [2.45, 2.75) is 26.8 Å². The van der Waals surface area contributed by atoms with E-state index in [1.54, 1.807) is 6.07 Å². The molecule has 0 aliphatic heterocycles. The molecule has 7 heteroatoms. The normalized spacial score (nSPS) is 10.6. The van der Waals surface area contributed by atoms with Gasteiger partial charge in [0, 0.05) is 24.0 Å². The van der Waals surface area contributed by atoms with Gasteiger partial charge >= 0.3 is 0 Å². The lowest BCUT2D eigenvalue weighted by Gasteiger charge is -2.27. The molecule has 2 rings (SSSR count). The molecular weight excluding hydrogens is 386 g/mol. The van der Waals surface area contributed by atoms with Crippen molar-refractivity contribution in [3.8, 4) is 0 Å². The number of furan rings is 1. The zero-order valence-corrected chi connectivity index (χ0v) is 16.1. The van der Waals surface area contributed by atoms with E-state index in [9.17, 15) is 9.59 Å². The highest BCUT2D eigenvalue weighted by molar-refractivity contribution is 9.10. The van der Waals surface area contributed by atoms with Crippen molar-refractivity contribution in [1.82, 2.24) is 5.32 Å². The molecule has 0 aliphatic carbocycles. The van der Waals surface area contributed by atoms with E-state index in [0.29, 0.717) is 16.4 Å². The summed E-state index contributed by atoms with van der Waals surface area (Å²) < 4.78 is 5.59. The van der Waals surface area contributed by atoms with Gasteiger partial charge in [-0.2, -0.15) is 0 Å². The van der Waals surface area contributed by atoms with Crippen LogP contribution in [0.2, 0.25) is 0 Å². The third-order valence-electron chi connectivity index (χ3n) is 3.65. The van der Waals surface area contributed by atoms with E-state index in [4.69, 9.17) is 4.42 Å². The molecule has 2 amide bonds. The Morgan fingerprint density at radius 3 is 2.36 bits per heavy atom. The molecule has 0 bridgehead atoms. The smallest absolute Gasteiger partial charge is 0.287 e. The number of carbonyl (C=O) groups is 2. The molecule has 1 heterocycles. The van der Waals surface area contributed by atoms with Crippen LogP contribution in [0, 0.1) is 0 Å². The number of nitrogens with zero attached hydrogens (tertiary/aromatic N) is 1. The third-order valence-corrected chi connectivity index (χ3v) is 4.08.